The van der Waals surface area contributed by atoms with Gasteiger partial charge in [0.15, 0.2) is 0 Å². The van der Waals surface area contributed by atoms with E-state index < -0.39 is 0 Å². The number of rotatable bonds is 5. The van der Waals surface area contributed by atoms with E-state index in [0.717, 1.165) is 12.8 Å². The molecule has 2 aliphatic carbocycles. The van der Waals surface area contributed by atoms with Crippen LogP contribution in [0.4, 0.5) is 0 Å². The topological polar surface area (TPSA) is 18.5 Å². The monoisotopic (exact) mass is 218 g/mol. The molecule has 2 rings (SSSR count). The minimum absolute atomic E-state index is 0.134. The Balaban J connectivity index is 1.57. The zero-order valence-corrected chi connectivity index (χ0v) is 9.42. The molecule has 0 aromatic heterocycles. The molecule has 0 aromatic rings. The van der Waals surface area contributed by atoms with Gasteiger partial charge in [-0.3, -0.25) is 0 Å². The van der Waals surface area contributed by atoms with Crippen LogP contribution in [0.1, 0.15) is 12.8 Å². The molecule has 2 aliphatic rings. The third-order valence-electron chi connectivity index (χ3n) is 2.55. The number of ether oxygens (including phenoxy) is 2. The molecule has 0 fully saturated rings. The van der Waals surface area contributed by atoms with E-state index >= 15 is 0 Å². The Hall–Kier alpha value is -1.12. The summed E-state index contributed by atoms with van der Waals surface area (Å²) in [5.41, 5.74) is 0. The molecule has 86 valence electrons. The summed E-state index contributed by atoms with van der Waals surface area (Å²) in [5, 5.41) is 0. The normalized spacial score (nSPS) is 20.8. The summed E-state index contributed by atoms with van der Waals surface area (Å²) in [6.45, 7) is 1.27. The number of hydrogen-bond acceptors (Lipinski definition) is 2. The Morgan fingerprint density at radius 3 is 1.44 bits per heavy atom. The lowest BCUT2D eigenvalue weighted by Gasteiger charge is -2.15. The minimum Gasteiger partial charge on any atom is -0.368 e. The van der Waals surface area contributed by atoms with Crippen molar-refractivity contribution in [2.75, 3.05) is 13.2 Å². The van der Waals surface area contributed by atoms with Crippen molar-refractivity contribution in [3.63, 3.8) is 0 Å². The van der Waals surface area contributed by atoms with Gasteiger partial charge in [-0.2, -0.15) is 0 Å². The molecule has 0 spiro atoms. The highest BCUT2D eigenvalue weighted by Crippen LogP contribution is 2.07. The summed E-state index contributed by atoms with van der Waals surface area (Å²) in [6.07, 6.45) is 19.1. The highest BCUT2D eigenvalue weighted by molar-refractivity contribution is 5.11. The van der Waals surface area contributed by atoms with Crippen LogP contribution >= 0.6 is 0 Å². The molecule has 0 aromatic carbocycles. The molecule has 0 radical (unpaired) electrons. The standard InChI is InChI=1S/C14H18O2/c1-3-7-13(8-4-1)15-11-12-16-14-9-5-2-6-10-14/h3-10,13-14H,1-2,11-12H2. The van der Waals surface area contributed by atoms with Gasteiger partial charge in [-0.1, -0.05) is 48.6 Å². The van der Waals surface area contributed by atoms with E-state index in [0.29, 0.717) is 13.2 Å². The van der Waals surface area contributed by atoms with Crippen molar-refractivity contribution in [2.24, 2.45) is 0 Å². The van der Waals surface area contributed by atoms with Crippen LogP contribution in [0.25, 0.3) is 0 Å². The van der Waals surface area contributed by atoms with Gasteiger partial charge in [-0.15, -0.1) is 0 Å². The molecular weight excluding hydrogens is 200 g/mol. The van der Waals surface area contributed by atoms with Gasteiger partial charge in [-0.05, 0) is 12.8 Å². The van der Waals surface area contributed by atoms with Crippen LogP contribution in [0.15, 0.2) is 48.6 Å². The van der Waals surface area contributed by atoms with Crippen molar-refractivity contribution < 1.29 is 9.47 Å². The van der Waals surface area contributed by atoms with Crippen LogP contribution in [0, 0.1) is 0 Å². The van der Waals surface area contributed by atoms with Crippen molar-refractivity contribution in [1.82, 2.24) is 0 Å². The van der Waals surface area contributed by atoms with E-state index in [1.807, 2.05) is 0 Å². The van der Waals surface area contributed by atoms with Crippen molar-refractivity contribution >= 4 is 0 Å². The summed E-state index contributed by atoms with van der Waals surface area (Å²) >= 11 is 0. The van der Waals surface area contributed by atoms with Crippen LogP contribution in [-0.2, 0) is 9.47 Å². The quantitative estimate of drug-likeness (QED) is 0.522. The minimum atomic E-state index is 0.134. The highest BCUT2D eigenvalue weighted by atomic mass is 16.5. The van der Waals surface area contributed by atoms with Gasteiger partial charge in [0.2, 0.25) is 0 Å². The van der Waals surface area contributed by atoms with Crippen molar-refractivity contribution in [2.45, 2.75) is 25.0 Å². The van der Waals surface area contributed by atoms with Gasteiger partial charge in [-0.25, -0.2) is 0 Å². The summed E-state index contributed by atoms with van der Waals surface area (Å²) in [7, 11) is 0. The molecule has 2 nitrogen and oxygen atoms in total. The maximum absolute atomic E-state index is 5.63. The van der Waals surface area contributed by atoms with E-state index in [9.17, 15) is 0 Å². The molecule has 0 saturated carbocycles. The fourth-order valence-electron chi connectivity index (χ4n) is 1.73. The lowest BCUT2D eigenvalue weighted by atomic mass is 10.2. The van der Waals surface area contributed by atoms with Crippen LogP contribution in [0.5, 0.6) is 0 Å². The first kappa shape index (κ1) is 11.4. The molecule has 0 unspecified atom stereocenters. The second kappa shape index (κ2) is 6.46. The highest BCUT2D eigenvalue weighted by Gasteiger charge is 2.05. The maximum Gasteiger partial charge on any atom is 0.0938 e. The van der Waals surface area contributed by atoms with Gasteiger partial charge in [0.05, 0.1) is 25.4 Å². The predicted octanol–water partition coefficient (Wildman–Crippen LogP) is 2.79. The Kier molecular flexibility index (Phi) is 4.59. The van der Waals surface area contributed by atoms with E-state index in [2.05, 4.69) is 48.6 Å². The van der Waals surface area contributed by atoms with Gasteiger partial charge in [0.1, 0.15) is 0 Å². The maximum atomic E-state index is 5.63. The van der Waals surface area contributed by atoms with E-state index in [1.54, 1.807) is 0 Å². The molecule has 16 heavy (non-hydrogen) atoms. The Morgan fingerprint density at radius 2 is 1.06 bits per heavy atom. The molecule has 0 saturated heterocycles. The molecule has 0 N–H and O–H groups in total. The van der Waals surface area contributed by atoms with Crippen LogP contribution in [0.2, 0.25) is 0 Å². The first-order valence-electron chi connectivity index (χ1n) is 5.85. The van der Waals surface area contributed by atoms with Crippen molar-refractivity contribution in [3.05, 3.63) is 48.6 Å². The van der Waals surface area contributed by atoms with Gasteiger partial charge < -0.3 is 9.47 Å². The second-order valence-electron chi connectivity index (χ2n) is 3.85. The van der Waals surface area contributed by atoms with Crippen molar-refractivity contribution in [1.29, 1.82) is 0 Å². The zero-order valence-electron chi connectivity index (χ0n) is 9.42. The molecule has 0 atom stereocenters. The predicted molar refractivity (Wildman–Crippen MR) is 65.3 cm³/mol. The first-order valence-corrected chi connectivity index (χ1v) is 5.85. The molecular formula is C14H18O2. The Bertz CT molecular complexity index is 257. The van der Waals surface area contributed by atoms with E-state index in [4.69, 9.17) is 9.47 Å². The lowest BCUT2D eigenvalue weighted by Crippen LogP contribution is -2.16. The van der Waals surface area contributed by atoms with Gasteiger partial charge in [0, 0.05) is 0 Å². The largest absolute Gasteiger partial charge is 0.368 e. The first-order chi connectivity index (χ1) is 7.95. The van der Waals surface area contributed by atoms with Crippen LogP contribution < -0.4 is 0 Å². The van der Waals surface area contributed by atoms with Crippen molar-refractivity contribution in [3.8, 4) is 0 Å². The third-order valence-corrected chi connectivity index (χ3v) is 2.55. The molecule has 2 heteroatoms. The summed E-state index contributed by atoms with van der Waals surface area (Å²) in [4.78, 5) is 0. The van der Waals surface area contributed by atoms with E-state index in [1.165, 1.54) is 0 Å². The fraction of sp³-hybridized carbons (Fsp3) is 0.429. The smallest absolute Gasteiger partial charge is 0.0938 e. The van der Waals surface area contributed by atoms with Crippen LogP contribution in [-0.4, -0.2) is 25.4 Å². The van der Waals surface area contributed by atoms with Gasteiger partial charge in [0.25, 0.3) is 0 Å². The van der Waals surface area contributed by atoms with E-state index in [-0.39, 0.29) is 12.2 Å². The average molecular weight is 218 g/mol. The summed E-state index contributed by atoms with van der Waals surface area (Å²) in [5.74, 6) is 0. The fourth-order valence-corrected chi connectivity index (χ4v) is 1.73. The van der Waals surface area contributed by atoms with Crippen LogP contribution in [0.3, 0.4) is 0 Å². The summed E-state index contributed by atoms with van der Waals surface area (Å²) < 4.78 is 11.3. The summed E-state index contributed by atoms with van der Waals surface area (Å²) in [6, 6.07) is 0. The third kappa shape index (κ3) is 3.80. The Labute approximate surface area is 96.9 Å². The zero-order chi connectivity index (χ0) is 11.1. The number of allylic oxidation sites excluding steroid dienone is 4. The number of hydrogen-bond donors (Lipinski definition) is 0. The molecule has 0 bridgehead atoms. The SMILES string of the molecule is C1=CC(OCCOC2C=CCC=C2)C=CC1. The Morgan fingerprint density at radius 1 is 0.688 bits per heavy atom. The molecule has 0 amide bonds. The molecule has 0 heterocycles. The lowest BCUT2D eigenvalue weighted by molar-refractivity contribution is 0.0289. The van der Waals surface area contributed by atoms with Gasteiger partial charge >= 0.3 is 0 Å². The average Bonchev–Trinajstić information content (AvgIpc) is 2.37. The second-order valence-corrected chi connectivity index (χ2v) is 3.85. The molecule has 0 aliphatic heterocycles.